The molecule has 0 N–H and O–H groups in total. The molecule has 1 aliphatic heterocycles. The maximum atomic E-state index is 6.07. The summed E-state index contributed by atoms with van der Waals surface area (Å²) in [5, 5.41) is 0.717. The van der Waals surface area contributed by atoms with Gasteiger partial charge in [-0.3, -0.25) is 0 Å². The van der Waals surface area contributed by atoms with Gasteiger partial charge in [-0.15, -0.1) is 0 Å². The van der Waals surface area contributed by atoms with Gasteiger partial charge in [-0.1, -0.05) is 23.7 Å². The van der Waals surface area contributed by atoms with Crippen LogP contribution in [0, 0.1) is 0 Å². The van der Waals surface area contributed by atoms with Crippen molar-refractivity contribution >= 4 is 11.6 Å². The highest BCUT2D eigenvalue weighted by Gasteiger charge is 2.24. The van der Waals surface area contributed by atoms with Gasteiger partial charge in [0.2, 0.25) is 0 Å². The largest absolute Gasteiger partial charge is 0.492 e. The number of halogens is 1. The molecule has 14 heavy (non-hydrogen) atoms. The first-order chi connectivity index (χ1) is 6.70. The van der Waals surface area contributed by atoms with Gasteiger partial charge in [0.1, 0.15) is 5.75 Å². The highest BCUT2D eigenvalue weighted by atomic mass is 35.5. The number of ether oxygens (including phenoxy) is 1. The van der Waals surface area contributed by atoms with Crippen LogP contribution >= 0.6 is 11.6 Å². The Kier molecular flexibility index (Phi) is 2.66. The zero-order chi connectivity index (χ0) is 10.1. The fourth-order valence-corrected chi connectivity index (χ4v) is 2.14. The van der Waals surface area contributed by atoms with Crippen LogP contribution in [-0.2, 0) is 0 Å². The molecule has 2 rings (SSSR count). The molecule has 0 saturated heterocycles. The number of benzene rings is 1. The lowest BCUT2D eigenvalue weighted by atomic mass is 10.00. The van der Waals surface area contributed by atoms with Crippen LogP contribution in [0.25, 0.3) is 0 Å². The third-order valence-corrected chi connectivity index (χ3v) is 2.92. The topological polar surface area (TPSA) is 12.5 Å². The van der Waals surface area contributed by atoms with Gasteiger partial charge in [-0.05, 0) is 20.2 Å². The summed E-state index contributed by atoms with van der Waals surface area (Å²) in [4.78, 5) is 2.21. The van der Waals surface area contributed by atoms with Crippen molar-refractivity contribution in [1.82, 2.24) is 4.90 Å². The SMILES string of the molecule is CN(C)C1CCOc2c(Cl)cccc21. The molecule has 0 saturated carbocycles. The Balaban J connectivity index is 2.44. The Hall–Kier alpha value is -0.730. The molecule has 1 aliphatic rings. The number of nitrogens with zero attached hydrogens (tertiary/aromatic N) is 1. The van der Waals surface area contributed by atoms with E-state index < -0.39 is 0 Å². The van der Waals surface area contributed by atoms with Crippen LogP contribution in [0.3, 0.4) is 0 Å². The summed E-state index contributed by atoms with van der Waals surface area (Å²) in [6, 6.07) is 6.37. The molecular formula is C11H14ClNO. The first kappa shape index (κ1) is 9.81. The second-order valence-corrected chi connectivity index (χ2v) is 4.18. The minimum absolute atomic E-state index is 0.428. The zero-order valence-corrected chi connectivity index (χ0v) is 9.21. The summed E-state index contributed by atoms with van der Waals surface area (Å²) in [5.74, 6) is 0.860. The summed E-state index contributed by atoms with van der Waals surface area (Å²) >= 11 is 6.07. The molecule has 0 amide bonds. The van der Waals surface area contributed by atoms with Crippen molar-refractivity contribution in [2.75, 3.05) is 20.7 Å². The second kappa shape index (κ2) is 3.79. The summed E-state index contributed by atoms with van der Waals surface area (Å²) in [7, 11) is 4.17. The van der Waals surface area contributed by atoms with Crippen molar-refractivity contribution in [2.24, 2.45) is 0 Å². The fraction of sp³-hybridized carbons (Fsp3) is 0.455. The lowest BCUT2D eigenvalue weighted by molar-refractivity contribution is 0.190. The highest BCUT2D eigenvalue weighted by molar-refractivity contribution is 6.32. The van der Waals surface area contributed by atoms with Gasteiger partial charge in [-0.25, -0.2) is 0 Å². The van der Waals surface area contributed by atoms with Crippen LogP contribution in [0.15, 0.2) is 18.2 Å². The smallest absolute Gasteiger partial charge is 0.142 e. The quantitative estimate of drug-likeness (QED) is 0.708. The summed E-state index contributed by atoms with van der Waals surface area (Å²) < 4.78 is 5.58. The van der Waals surface area contributed by atoms with Gasteiger partial charge in [0.25, 0.3) is 0 Å². The standard InChI is InChI=1S/C11H14ClNO/c1-13(2)10-6-7-14-11-8(10)4-3-5-9(11)12/h3-5,10H,6-7H2,1-2H3. The molecule has 1 aromatic rings. The maximum absolute atomic E-state index is 6.07. The van der Waals surface area contributed by atoms with E-state index in [1.54, 1.807) is 0 Å². The Morgan fingerprint density at radius 2 is 2.21 bits per heavy atom. The molecule has 0 bridgehead atoms. The average Bonchev–Trinajstić information content (AvgIpc) is 2.17. The fourth-order valence-electron chi connectivity index (χ4n) is 1.90. The van der Waals surface area contributed by atoms with E-state index in [1.807, 2.05) is 12.1 Å². The molecule has 0 aliphatic carbocycles. The van der Waals surface area contributed by atoms with Crippen molar-refractivity contribution in [1.29, 1.82) is 0 Å². The predicted molar refractivity (Wildman–Crippen MR) is 58.0 cm³/mol. The molecule has 0 fully saturated rings. The van der Waals surface area contributed by atoms with E-state index in [4.69, 9.17) is 16.3 Å². The van der Waals surface area contributed by atoms with E-state index in [0.717, 1.165) is 18.8 Å². The van der Waals surface area contributed by atoms with Crippen LogP contribution in [-0.4, -0.2) is 25.6 Å². The van der Waals surface area contributed by atoms with Gasteiger partial charge in [0.05, 0.1) is 11.6 Å². The molecule has 1 unspecified atom stereocenters. The van der Waals surface area contributed by atoms with Crippen LogP contribution in [0.5, 0.6) is 5.75 Å². The molecule has 2 nitrogen and oxygen atoms in total. The molecule has 0 spiro atoms. The van der Waals surface area contributed by atoms with Crippen LogP contribution < -0.4 is 4.74 Å². The van der Waals surface area contributed by atoms with Gasteiger partial charge in [-0.2, -0.15) is 0 Å². The van der Waals surface area contributed by atoms with E-state index in [1.165, 1.54) is 5.56 Å². The number of para-hydroxylation sites is 1. The summed E-state index contributed by atoms with van der Waals surface area (Å²) in [6.45, 7) is 0.750. The predicted octanol–water partition coefficient (Wildman–Crippen LogP) is 2.73. The molecule has 1 heterocycles. The first-order valence-corrected chi connectivity index (χ1v) is 5.15. The van der Waals surface area contributed by atoms with E-state index in [-0.39, 0.29) is 0 Å². The van der Waals surface area contributed by atoms with E-state index in [9.17, 15) is 0 Å². The molecule has 0 radical (unpaired) electrons. The Bertz CT molecular complexity index is 338. The second-order valence-electron chi connectivity index (χ2n) is 3.77. The van der Waals surface area contributed by atoms with E-state index in [0.29, 0.717) is 11.1 Å². The normalized spacial score (nSPS) is 20.4. The van der Waals surface area contributed by atoms with E-state index in [2.05, 4.69) is 25.1 Å². The van der Waals surface area contributed by atoms with Gasteiger partial charge in [0.15, 0.2) is 0 Å². The molecule has 1 atom stereocenters. The Morgan fingerprint density at radius 1 is 1.43 bits per heavy atom. The van der Waals surface area contributed by atoms with Crippen molar-refractivity contribution in [3.8, 4) is 5.75 Å². The van der Waals surface area contributed by atoms with Crippen molar-refractivity contribution in [3.05, 3.63) is 28.8 Å². The lowest BCUT2D eigenvalue weighted by Crippen LogP contribution is -2.26. The summed E-state index contributed by atoms with van der Waals surface area (Å²) in [5.41, 5.74) is 1.20. The van der Waals surface area contributed by atoms with Crippen LogP contribution in [0.4, 0.5) is 0 Å². The van der Waals surface area contributed by atoms with Gasteiger partial charge in [0, 0.05) is 18.0 Å². The number of hydrogen-bond donors (Lipinski definition) is 0. The van der Waals surface area contributed by atoms with Crippen LogP contribution in [0.1, 0.15) is 18.0 Å². The number of hydrogen-bond acceptors (Lipinski definition) is 2. The molecule has 3 heteroatoms. The molecule has 0 aromatic heterocycles. The molecular weight excluding hydrogens is 198 g/mol. The minimum atomic E-state index is 0.428. The van der Waals surface area contributed by atoms with E-state index >= 15 is 0 Å². The number of fused-ring (bicyclic) bond motifs is 1. The van der Waals surface area contributed by atoms with Crippen molar-refractivity contribution < 1.29 is 4.74 Å². The Labute approximate surface area is 89.4 Å². The highest BCUT2D eigenvalue weighted by Crippen LogP contribution is 2.39. The number of rotatable bonds is 1. The molecule has 76 valence electrons. The first-order valence-electron chi connectivity index (χ1n) is 4.78. The average molecular weight is 212 g/mol. The molecule has 1 aromatic carbocycles. The van der Waals surface area contributed by atoms with Crippen molar-refractivity contribution in [2.45, 2.75) is 12.5 Å². The van der Waals surface area contributed by atoms with Gasteiger partial charge < -0.3 is 9.64 Å². The summed E-state index contributed by atoms with van der Waals surface area (Å²) in [6.07, 6.45) is 1.03. The maximum Gasteiger partial charge on any atom is 0.142 e. The third-order valence-electron chi connectivity index (χ3n) is 2.62. The minimum Gasteiger partial charge on any atom is -0.492 e. The lowest BCUT2D eigenvalue weighted by Gasteiger charge is -2.31. The van der Waals surface area contributed by atoms with Crippen molar-refractivity contribution in [3.63, 3.8) is 0 Å². The monoisotopic (exact) mass is 211 g/mol. The van der Waals surface area contributed by atoms with Gasteiger partial charge >= 0.3 is 0 Å². The zero-order valence-electron chi connectivity index (χ0n) is 8.46. The third kappa shape index (κ3) is 1.60. The van der Waals surface area contributed by atoms with Crippen LogP contribution in [0.2, 0.25) is 5.02 Å². The Morgan fingerprint density at radius 3 is 2.93 bits per heavy atom.